The van der Waals surface area contributed by atoms with E-state index in [1.54, 1.807) is 0 Å². The minimum absolute atomic E-state index is 0. The molecule has 1 heterocycles. The first-order valence-corrected chi connectivity index (χ1v) is 9.68. The Bertz CT molecular complexity index is 451. The molecule has 5 heteroatoms. The lowest BCUT2D eigenvalue weighted by Crippen LogP contribution is -2.44. The van der Waals surface area contributed by atoms with E-state index in [9.17, 15) is 0 Å². The van der Waals surface area contributed by atoms with Crippen molar-refractivity contribution < 1.29 is 10.9 Å². The summed E-state index contributed by atoms with van der Waals surface area (Å²) < 4.78 is 11.0. The van der Waals surface area contributed by atoms with Crippen LogP contribution in [0.25, 0.3) is 0 Å². The number of ether oxygens (including phenoxy) is 2. The molecule has 2 rings (SSSR count). The van der Waals surface area contributed by atoms with Gasteiger partial charge >= 0.3 is 0 Å². The van der Waals surface area contributed by atoms with Crippen LogP contribution in [0, 0.1) is 0 Å². The number of unbranched alkanes of at least 4 members (excludes halogenated alkanes) is 1. The number of nitrogens with one attached hydrogen (secondary N) is 1. The van der Waals surface area contributed by atoms with E-state index in [1.807, 2.05) is 0 Å². The van der Waals surface area contributed by atoms with E-state index in [1.165, 1.54) is 17.7 Å². The lowest BCUT2D eigenvalue weighted by atomic mass is 10.2. The van der Waals surface area contributed by atoms with Crippen molar-refractivity contribution in [3.63, 3.8) is 0 Å². The van der Waals surface area contributed by atoms with E-state index in [4.69, 9.17) is 9.47 Å². The Kier molecular flexibility index (Phi) is 9.89. The van der Waals surface area contributed by atoms with Crippen LogP contribution in [0.1, 0.15) is 26.8 Å². The summed E-state index contributed by atoms with van der Waals surface area (Å²) in [6.45, 7) is 11.4. The quantitative estimate of drug-likeness (QED) is 0.586. The van der Waals surface area contributed by atoms with Crippen molar-refractivity contribution in [2.75, 3.05) is 71.1 Å². The van der Waals surface area contributed by atoms with Crippen molar-refractivity contribution in [1.82, 2.24) is 10.2 Å². The van der Waals surface area contributed by atoms with E-state index in [2.05, 4.69) is 53.4 Å². The highest BCUT2D eigenvalue weighted by Gasteiger charge is 2.13. The maximum Gasteiger partial charge on any atom is 0.0701 e. The summed E-state index contributed by atoms with van der Waals surface area (Å²) in [6.07, 6.45) is 2.32. The third kappa shape index (κ3) is 8.19. The number of nitrogens with zero attached hydrogens (tertiary/aromatic N) is 2. The van der Waals surface area contributed by atoms with Crippen molar-refractivity contribution in [2.45, 2.75) is 26.3 Å². The van der Waals surface area contributed by atoms with Gasteiger partial charge in [0.1, 0.15) is 0 Å². The Balaban J connectivity index is 0.00000338. The van der Waals surface area contributed by atoms with Crippen LogP contribution < -0.4 is 10.2 Å². The normalized spacial score (nSPS) is 15.7. The van der Waals surface area contributed by atoms with Crippen LogP contribution in [-0.4, -0.2) is 71.1 Å². The van der Waals surface area contributed by atoms with Crippen molar-refractivity contribution >= 4 is 5.69 Å². The van der Waals surface area contributed by atoms with Gasteiger partial charge in [-0.3, -0.25) is 0 Å². The summed E-state index contributed by atoms with van der Waals surface area (Å²) in [6, 6.07) is 8.94. The molecule has 0 amide bonds. The maximum atomic E-state index is 5.56. The smallest absolute Gasteiger partial charge is 0.0701 e. The summed E-state index contributed by atoms with van der Waals surface area (Å²) in [5.74, 6) is 0. The van der Waals surface area contributed by atoms with E-state index in [-0.39, 0.29) is 1.43 Å². The summed E-state index contributed by atoms with van der Waals surface area (Å²) >= 11 is 0. The molecule has 1 aliphatic heterocycles. The van der Waals surface area contributed by atoms with Gasteiger partial charge in [0.05, 0.1) is 19.8 Å². The highest BCUT2D eigenvalue weighted by atomic mass is 16.5. The minimum Gasteiger partial charge on any atom is -0.379 e. The number of rotatable bonds is 12. The fourth-order valence-corrected chi connectivity index (χ4v) is 2.83. The van der Waals surface area contributed by atoms with E-state index >= 15 is 0 Å². The molecule has 25 heavy (non-hydrogen) atoms. The second-order valence-electron chi connectivity index (χ2n) is 6.71. The molecule has 0 radical (unpaired) electrons. The van der Waals surface area contributed by atoms with Crippen molar-refractivity contribution in [2.24, 2.45) is 0 Å². The third-order valence-corrected chi connectivity index (χ3v) is 4.57. The standard InChI is InChI=1S/C20H35N3O2.H2/c1-3-4-14-24-16-17-25-15-9-21-18-19-5-7-20(8-6-19)23-12-10-22(2)11-13-23;/h5-8,21H,3-4,9-18H2,1-2H3;1H. The molecule has 1 N–H and O–H groups in total. The topological polar surface area (TPSA) is 37.0 Å². The number of benzene rings is 1. The average Bonchev–Trinajstić information content (AvgIpc) is 2.64. The van der Waals surface area contributed by atoms with Gasteiger partial charge in [0.15, 0.2) is 0 Å². The number of anilines is 1. The van der Waals surface area contributed by atoms with Crippen molar-refractivity contribution in [1.29, 1.82) is 0 Å². The van der Waals surface area contributed by atoms with Crippen LogP contribution in [0.15, 0.2) is 24.3 Å². The van der Waals surface area contributed by atoms with Crippen LogP contribution in [0.2, 0.25) is 0 Å². The fourth-order valence-electron chi connectivity index (χ4n) is 2.83. The number of likely N-dealkylation sites (N-methyl/N-ethyl adjacent to an activating group) is 1. The van der Waals surface area contributed by atoms with Gasteiger partial charge in [0.2, 0.25) is 0 Å². The Labute approximate surface area is 154 Å². The molecule has 0 saturated carbocycles. The SMILES string of the molecule is CCCCOCCOCCNCc1ccc(N2CCN(C)CC2)cc1.[HH]. The highest BCUT2D eigenvalue weighted by Crippen LogP contribution is 2.16. The summed E-state index contributed by atoms with van der Waals surface area (Å²) in [7, 11) is 2.19. The molecule has 1 saturated heterocycles. The van der Waals surface area contributed by atoms with Crippen LogP contribution >= 0.6 is 0 Å². The highest BCUT2D eigenvalue weighted by molar-refractivity contribution is 5.48. The van der Waals surface area contributed by atoms with Gasteiger partial charge in [-0.15, -0.1) is 0 Å². The summed E-state index contributed by atoms with van der Waals surface area (Å²) in [4.78, 5) is 4.85. The zero-order valence-electron chi connectivity index (χ0n) is 16.0. The third-order valence-electron chi connectivity index (χ3n) is 4.57. The first kappa shape index (κ1) is 20.2. The Morgan fingerprint density at radius 3 is 2.32 bits per heavy atom. The molecule has 1 fully saturated rings. The van der Waals surface area contributed by atoms with E-state index in [0.29, 0.717) is 13.2 Å². The zero-order chi connectivity index (χ0) is 17.7. The van der Waals surface area contributed by atoms with Crippen LogP contribution in [-0.2, 0) is 16.0 Å². The minimum atomic E-state index is 0. The number of hydrogen-bond donors (Lipinski definition) is 1. The molecule has 0 aromatic heterocycles. The summed E-state index contributed by atoms with van der Waals surface area (Å²) in [5, 5.41) is 3.43. The van der Waals surface area contributed by atoms with E-state index in [0.717, 1.165) is 58.9 Å². The van der Waals surface area contributed by atoms with Crippen molar-refractivity contribution in [3.8, 4) is 0 Å². The van der Waals surface area contributed by atoms with Gasteiger partial charge in [-0.05, 0) is 31.2 Å². The monoisotopic (exact) mass is 351 g/mol. The van der Waals surface area contributed by atoms with Gasteiger partial charge < -0.3 is 24.6 Å². The second-order valence-corrected chi connectivity index (χ2v) is 6.71. The largest absolute Gasteiger partial charge is 0.379 e. The molecule has 1 aliphatic rings. The molecule has 1 aromatic carbocycles. The molecule has 0 unspecified atom stereocenters. The number of piperazine rings is 1. The lowest BCUT2D eigenvalue weighted by molar-refractivity contribution is 0.0477. The van der Waals surface area contributed by atoms with Crippen LogP contribution in [0.3, 0.4) is 0 Å². The van der Waals surface area contributed by atoms with Gasteiger partial charge in [-0.25, -0.2) is 0 Å². The van der Waals surface area contributed by atoms with E-state index < -0.39 is 0 Å². The van der Waals surface area contributed by atoms with Gasteiger partial charge in [0, 0.05) is 53.0 Å². The molecule has 0 aliphatic carbocycles. The van der Waals surface area contributed by atoms with Gasteiger partial charge in [-0.2, -0.15) is 0 Å². The van der Waals surface area contributed by atoms with Gasteiger partial charge in [0.25, 0.3) is 0 Å². The number of hydrogen-bond acceptors (Lipinski definition) is 5. The first-order chi connectivity index (χ1) is 12.3. The second kappa shape index (κ2) is 12.3. The molecule has 1 aromatic rings. The molecule has 5 nitrogen and oxygen atoms in total. The first-order valence-electron chi connectivity index (χ1n) is 9.68. The molecule has 0 bridgehead atoms. The predicted octanol–water partition coefficient (Wildman–Crippen LogP) is 2.61. The molecular weight excluding hydrogens is 314 g/mol. The average molecular weight is 352 g/mol. The Morgan fingerprint density at radius 1 is 0.960 bits per heavy atom. The van der Waals surface area contributed by atoms with Gasteiger partial charge in [-0.1, -0.05) is 25.5 Å². The van der Waals surface area contributed by atoms with Crippen LogP contribution in [0.4, 0.5) is 5.69 Å². The fraction of sp³-hybridized carbons (Fsp3) is 0.700. The molecular formula is C20H37N3O2. The predicted molar refractivity (Wildman–Crippen MR) is 107 cm³/mol. The zero-order valence-corrected chi connectivity index (χ0v) is 16.0. The maximum absolute atomic E-state index is 5.56. The molecule has 0 spiro atoms. The van der Waals surface area contributed by atoms with Crippen LogP contribution in [0.5, 0.6) is 0 Å². The molecule has 144 valence electrons. The van der Waals surface area contributed by atoms with Crippen molar-refractivity contribution in [3.05, 3.63) is 29.8 Å². The Morgan fingerprint density at radius 2 is 1.64 bits per heavy atom. The Hall–Kier alpha value is -1.14. The summed E-state index contributed by atoms with van der Waals surface area (Å²) in [5.41, 5.74) is 2.66. The lowest BCUT2D eigenvalue weighted by Gasteiger charge is -2.34. The molecule has 0 atom stereocenters.